The molecule has 0 aliphatic carbocycles. The van der Waals surface area contributed by atoms with Crippen LogP contribution in [0.2, 0.25) is 5.02 Å². The first kappa shape index (κ1) is 22.4. The number of halogens is 1. The number of rotatable bonds is 8. The number of sulfonamides is 1. The van der Waals surface area contributed by atoms with Gasteiger partial charge in [0.25, 0.3) is 0 Å². The second-order valence-electron chi connectivity index (χ2n) is 7.11. The highest BCUT2D eigenvalue weighted by atomic mass is 35.5. The van der Waals surface area contributed by atoms with Gasteiger partial charge in [0.1, 0.15) is 0 Å². The maximum Gasteiger partial charge on any atom is 0.232 e. The van der Waals surface area contributed by atoms with Gasteiger partial charge in [0, 0.05) is 42.5 Å². The molecule has 162 valence electrons. The van der Waals surface area contributed by atoms with Gasteiger partial charge in [0.15, 0.2) is 0 Å². The molecule has 9 heteroatoms. The number of morpholine rings is 1. The van der Waals surface area contributed by atoms with Gasteiger partial charge in [-0.05, 0) is 55.0 Å². The zero-order valence-corrected chi connectivity index (χ0v) is 18.5. The lowest BCUT2D eigenvalue weighted by Crippen LogP contribution is -2.36. The molecule has 2 aromatic rings. The Morgan fingerprint density at radius 1 is 1.10 bits per heavy atom. The molecule has 1 N–H and O–H groups in total. The number of hydrogen-bond acceptors (Lipinski definition) is 5. The molecule has 1 saturated heterocycles. The van der Waals surface area contributed by atoms with Crippen LogP contribution in [0.1, 0.15) is 12.8 Å². The summed E-state index contributed by atoms with van der Waals surface area (Å²) in [6, 6.07) is 14.3. The summed E-state index contributed by atoms with van der Waals surface area (Å²) in [6.07, 6.45) is 1.76. The number of amides is 1. The summed E-state index contributed by atoms with van der Waals surface area (Å²) < 4.78 is 30.9. The Morgan fingerprint density at radius 3 is 2.33 bits per heavy atom. The van der Waals surface area contributed by atoms with E-state index in [4.69, 9.17) is 16.3 Å². The number of carbonyl (C=O) groups is 1. The summed E-state index contributed by atoms with van der Waals surface area (Å²) in [5, 5.41) is 3.40. The van der Waals surface area contributed by atoms with Crippen molar-refractivity contribution in [3.63, 3.8) is 0 Å². The lowest BCUT2D eigenvalue weighted by atomic mass is 10.2. The van der Waals surface area contributed by atoms with Crippen LogP contribution in [-0.2, 0) is 19.6 Å². The minimum atomic E-state index is -3.46. The van der Waals surface area contributed by atoms with E-state index in [-0.39, 0.29) is 18.9 Å². The van der Waals surface area contributed by atoms with Gasteiger partial charge >= 0.3 is 0 Å². The maximum atomic E-state index is 12.3. The highest BCUT2D eigenvalue weighted by Crippen LogP contribution is 2.22. The second kappa shape index (κ2) is 10.1. The number of nitrogens with zero attached hydrogens (tertiary/aromatic N) is 2. The molecule has 1 fully saturated rings. The van der Waals surface area contributed by atoms with Crippen LogP contribution in [0, 0.1) is 0 Å². The smallest absolute Gasteiger partial charge is 0.232 e. The molecule has 1 amide bonds. The van der Waals surface area contributed by atoms with Crippen LogP contribution in [-0.4, -0.2) is 53.4 Å². The monoisotopic (exact) mass is 451 g/mol. The van der Waals surface area contributed by atoms with Crippen LogP contribution < -0.4 is 14.5 Å². The fourth-order valence-electron chi connectivity index (χ4n) is 3.28. The zero-order valence-electron chi connectivity index (χ0n) is 16.9. The average Bonchev–Trinajstić information content (AvgIpc) is 2.72. The van der Waals surface area contributed by atoms with E-state index in [0.717, 1.165) is 43.9 Å². The molecule has 1 aliphatic rings. The van der Waals surface area contributed by atoms with E-state index >= 15 is 0 Å². The van der Waals surface area contributed by atoms with Gasteiger partial charge in [0.2, 0.25) is 15.9 Å². The average molecular weight is 452 g/mol. The van der Waals surface area contributed by atoms with Crippen molar-refractivity contribution < 1.29 is 17.9 Å². The van der Waals surface area contributed by atoms with Crippen LogP contribution in [0.5, 0.6) is 0 Å². The predicted molar refractivity (Wildman–Crippen MR) is 121 cm³/mol. The van der Waals surface area contributed by atoms with Crippen molar-refractivity contribution in [3.05, 3.63) is 53.6 Å². The molecule has 0 saturated carbocycles. The number of anilines is 3. The van der Waals surface area contributed by atoms with Gasteiger partial charge in [-0.2, -0.15) is 0 Å². The Bertz CT molecular complexity index is 943. The molecule has 0 unspecified atom stereocenters. The Morgan fingerprint density at radius 2 is 1.73 bits per heavy atom. The minimum absolute atomic E-state index is 0.154. The van der Waals surface area contributed by atoms with E-state index in [9.17, 15) is 13.2 Å². The van der Waals surface area contributed by atoms with Gasteiger partial charge in [-0.3, -0.25) is 9.10 Å². The Balaban J connectivity index is 1.51. The summed E-state index contributed by atoms with van der Waals surface area (Å²) >= 11 is 5.88. The SMILES string of the molecule is CS(=O)(=O)N(CCCC(=O)Nc1ccc(N2CCOCC2)cc1)c1ccc(Cl)cc1. The van der Waals surface area contributed by atoms with Crippen LogP contribution in [0.3, 0.4) is 0 Å². The first-order valence-corrected chi connectivity index (χ1v) is 12.0. The summed E-state index contributed by atoms with van der Waals surface area (Å²) in [4.78, 5) is 14.5. The zero-order chi connectivity index (χ0) is 21.6. The summed E-state index contributed by atoms with van der Waals surface area (Å²) in [5.74, 6) is -0.154. The Labute approximate surface area is 182 Å². The van der Waals surface area contributed by atoms with E-state index in [0.29, 0.717) is 17.1 Å². The van der Waals surface area contributed by atoms with Gasteiger partial charge in [-0.1, -0.05) is 11.6 Å². The van der Waals surface area contributed by atoms with Crippen molar-refractivity contribution in [2.75, 3.05) is 53.6 Å². The lowest BCUT2D eigenvalue weighted by Gasteiger charge is -2.28. The molecule has 1 aliphatic heterocycles. The molecule has 0 aromatic heterocycles. The van der Waals surface area contributed by atoms with Crippen molar-refractivity contribution in [1.29, 1.82) is 0 Å². The predicted octanol–water partition coefficient (Wildman–Crippen LogP) is 3.36. The molecule has 2 aromatic carbocycles. The minimum Gasteiger partial charge on any atom is -0.378 e. The molecule has 30 heavy (non-hydrogen) atoms. The topological polar surface area (TPSA) is 79.0 Å². The standard InChI is InChI=1S/C21H26ClN3O4S/c1-30(27,28)25(20-8-4-17(22)5-9-20)12-2-3-21(26)23-18-6-10-19(11-7-18)24-13-15-29-16-14-24/h4-11H,2-3,12-16H2,1H3,(H,23,26). The van der Waals surface area contributed by atoms with E-state index in [1.165, 1.54) is 4.31 Å². The second-order valence-corrected chi connectivity index (χ2v) is 9.45. The first-order chi connectivity index (χ1) is 14.3. The first-order valence-electron chi connectivity index (χ1n) is 9.79. The molecule has 1 heterocycles. The van der Waals surface area contributed by atoms with Crippen LogP contribution in [0.4, 0.5) is 17.1 Å². The van der Waals surface area contributed by atoms with E-state index < -0.39 is 10.0 Å². The normalized spacial score (nSPS) is 14.4. The van der Waals surface area contributed by atoms with E-state index in [2.05, 4.69) is 10.2 Å². The third kappa shape index (κ3) is 6.35. The molecular weight excluding hydrogens is 426 g/mol. The third-order valence-corrected chi connectivity index (χ3v) is 6.25. The molecule has 7 nitrogen and oxygen atoms in total. The van der Waals surface area contributed by atoms with Gasteiger partial charge in [-0.15, -0.1) is 0 Å². The largest absolute Gasteiger partial charge is 0.378 e. The van der Waals surface area contributed by atoms with Crippen molar-refractivity contribution in [2.24, 2.45) is 0 Å². The number of nitrogens with one attached hydrogen (secondary N) is 1. The molecule has 3 rings (SSSR count). The molecule has 0 atom stereocenters. The van der Waals surface area contributed by atoms with Gasteiger partial charge in [0.05, 0.1) is 25.2 Å². The quantitative estimate of drug-likeness (QED) is 0.665. The number of carbonyl (C=O) groups excluding carboxylic acids is 1. The van der Waals surface area contributed by atoms with Crippen LogP contribution >= 0.6 is 11.6 Å². The number of benzene rings is 2. The number of ether oxygens (including phenoxy) is 1. The van der Waals surface area contributed by atoms with Gasteiger partial charge in [-0.25, -0.2) is 8.42 Å². The molecule has 0 radical (unpaired) electrons. The van der Waals surface area contributed by atoms with E-state index in [1.807, 2.05) is 24.3 Å². The Hall–Kier alpha value is -2.29. The summed E-state index contributed by atoms with van der Waals surface area (Å²) in [6.45, 7) is 3.37. The van der Waals surface area contributed by atoms with Crippen molar-refractivity contribution in [3.8, 4) is 0 Å². The highest BCUT2D eigenvalue weighted by molar-refractivity contribution is 7.92. The maximum absolute atomic E-state index is 12.3. The van der Waals surface area contributed by atoms with Gasteiger partial charge < -0.3 is 15.0 Å². The third-order valence-electron chi connectivity index (χ3n) is 4.81. The summed E-state index contributed by atoms with van der Waals surface area (Å²) in [7, 11) is -3.46. The van der Waals surface area contributed by atoms with Crippen LogP contribution in [0.15, 0.2) is 48.5 Å². The summed E-state index contributed by atoms with van der Waals surface area (Å²) in [5.41, 5.74) is 2.35. The molecule has 0 spiro atoms. The van der Waals surface area contributed by atoms with E-state index in [1.54, 1.807) is 24.3 Å². The fourth-order valence-corrected chi connectivity index (χ4v) is 4.37. The van der Waals surface area contributed by atoms with Crippen LogP contribution in [0.25, 0.3) is 0 Å². The fraction of sp³-hybridized carbons (Fsp3) is 0.381. The molecule has 0 bridgehead atoms. The van der Waals surface area contributed by atoms with Crippen molar-refractivity contribution in [1.82, 2.24) is 0 Å². The highest BCUT2D eigenvalue weighted by Gasteiger charge is 2.17. The van der Waals surface area contributed by atoms with Crippen molar-refractivity contribution >= 4 is 44.6 Å². The number of hydrogen-bond donors (Lipinski definition) is 1. The van der Waals surface area contributed by atoms with Crippen molar-refractivity contribution in [2.45, 2.75) is 12.8 Å². The Kier molecular flexibility index (Phi) is 7.58. The lowest BCUT2D eigenvalue weighted by molar-refractivity contribution is -0.116. The molecular formula is C21H26ClN3O4S.